The monoisotopic (exact) mass is 291 g/mol. The van der Waals surface area contributed by atoms with E-state index in [1.807, 2.05) is 6.07 Å². The zero-order valence-electron chi connectivity index (χ0n) is 12.7. The third-order valence-corrected chi connectivity index (χ3v) is 4.47. The smallest absolute Gasteiger partial charge is 0.161 e. The highest BCUT2D eigenvalue weighted by atomic mass is 16.5. The van der Waals surface area contributed by atoms with Gasteiger partial charge in [0.05, 0.1) is 19.3 Å². The normalized spacial score (nSPS) is 27.0. The number of fused-ring (bicyclic) bond motifs is 1. The first kappa shape index (κ1) is 14.7. The molecule has 1 saturated carbocycles. The predicted octanol–water partition coefficient (Wildman–Crippen LogP) is 2.80. The lowest BCUT2D eigenvalue weighted by molar-refractivity contribution is 0.0859. The van der Waals surface area contributed by atoms with Crippen molar-refractivity contribution in [1.29, 1.82) is 0 Å². The van der Waals surface area contributed by atoms with E-state index in [2.05, 4.69) is 24.4 Å². The average Bonchev–Trinajstić information content (AvgIpc) is 2.74. The van der Waals surface area contributed by atoms with Gasteiger partial charge in [-0.05, 0) is 37.5 Å². The molecule has 1 aliphatic carbocycles. The first-order valence-electron chi connectivity index (χ1n) is 8.08. The Bertz CT molecular complexity index is 477. The van der Waals surface area contributed by atoms with Crippen LogP contribution >= 0.6 is 0 Å². The van der Waals surface area contributed by atoms with Gasteiger partial charge in [-0.15, -0.1) is 0 Å². The van der Waals surface area contributed by atoms with Gasteiger partial charge in [-0.3, -0.25) is 0 Å². The van der Waals surface area contributed by atoms with Crippen LogP contribution in [0.1, 0.15) is 50.6 Å². The summed E-state index contributed by atoms with van der Waals surface area (Å²) in [6.45, 7) is 3.56. The van der Waals surface area contributed by atoms with Crippen molar-refractivity contribution in [3.63, 3.8) is 0 Å². The zero-order valence-corrected chi connectivity index (χ0v) is 12.7. The fourth-order valence-corrected chi connectivity index (χ4v) is 3.17. The molecule has 1 fully saturated rings. The third kappa shape index (κ3) is 3.50. The van der Waals surface area contributed by atoms with E-state index < -0.39 is 0 Å². The second-order valence-electron chi connectivity index (χ2n) is 6.10. The Morgan fingerprint density at radius 3 is 2.67 bits per heavy atom. The second-order valence-corrected chi connectivity index (χ2v) is 6.10. The summed E-state index contributed by atoms with van der Waals surface area (Å²) in [5.41, 5.74) is 1.18. The lowest BCUT2D eigenvalue weighted by Gasteiger charge is -2.31. The maximum absolute atomic E-state index is 10.1. The number of hydrogen-bond acceptors (Lipinski definition) is 4. The highest BCUT2D eigenvalue weighted by Crippen LogP contribution is 2.32. The number of aliphatic hydroxyl groups excluding tert-OH is 1. The van der Waals surface area contributed by atoms with Crippen molar-refractivity contribution in [2.45, 2.75) is 57.2 Å². The SMILES string of the molecule is CC(N[C@@H]1CCCC[C@H]1O)c1ccc2c(c1)OCCCO2. The van der Waals surface area contributed by atoms with Crippen molar-refractivity contribution >= 4 is 0 Å². The van der Waals surface area contributed by atoms with Crippen LogP contribution in [0.5, 0.6) is 11.5 Å². The van der Waals surface area contributed by atoms with Gasteiger partial charge in [0.2, 0.25) is 0 Å². The number of benzene rings is 1. The molecule has 3 rings (SSSR count). The van der Waals surface area contributed by atoms with Gasteiger partial charge < -0.3 is 19.9 Å². The van der Waals surface area contributed by atoms with E-state index in [4.69, 9.17) is 9.47 Å². The van der Waals surface area contributed by atoms with Crippen LogP contribution in [0.4, 0.5) is 0 Å². The molecule has 0 amide bonds. The van der Waals surface area contributed by atoms with Crippen LogP contribution in [-0.4, -0.2) is 30.5 Å². The summed E-state index contributed by atoms with van der Waals surface area (Å²) in [5.74, 6) is 1.67. The van der Waals surface area contributed by atoms with E-state index in [0.717, 1.165) is 37.2 Å². The molecule has 2 aliphatic rings. The van der Waals surface area contributed by atoms with E-state index in [1.54, 1.807) is 0 Å². The minimum Gasteiger partial charge on any atom is -0.490 e. The molecule has 1 unspecified atom stereocenters. The first-order valence-corrected chi connectivity index (χ1v) is 8.08. The molecule has 0 spiro atoms. The molecule has 1 heterocycles. The van der Waals surface area contributed by atoms with Crippen molar-refractivity contribution in [1.82, 2.24) is 5.32 Å². The van der Waals surface area contributed by atoms with Gasteiger partial charge in [-0.25, -0.2) is 0 Å². The van der Waals surface area contributed by atoms with E-state index in [1.165, 1.54) is 12.0 Å². The van der Waals surface area contributed by atoms with E-state index in [0.29, 0.717) is 13.2 Å². The molecule has 0 aromatic heterocycles. The highest BCUT2D eigenvalue weighted by Gasteiger charge is 2.24. The fourth-order valence-electron chi connectivity index (χ4n) is 3.17. The molecule has 21 heavy (non-hydrogen) atoms. The van der Waals surface area contributed by atoms with Crippen molar-refractivity contribution in [3.05, 3.63) is 23.8 Å². The lowest BCUT2D eigenvalue weighted by atomic mass is 9.91. The average molecular weight is 291 g/mol. The summed E-state index contributed by atoms with van der Waals surface area (Å²) in [6, 6.07) is 6.53. The third-order valence-electron chi connectivity index (χ3n) is 4.47. The molecule has 1 aliphatic heterocycles. The van der Waals surface area contributed by atoms with Gasteiger partial charge in [0.1, 0.15) is 0 Å². The summed E-state index contributed by atoms with van der Waals surface area (Å²) < 4.78 is 11.4. The molecular formula is C17H25NO3. The van der Waals surface area contributed by atoms with E-state index in [-0.39, 0.29) is 18.2 Å². The van der Waals surface area contributed by atoms with Crippen LogP contribution < -0.4 is 14.8 Å². The number of ether oxygens (including phenoxy) is 2. The Morgan fingerprint density at radius 2 is 1.86 bits per heavy atom. The maximum atomic E-state index is 10.1. The summed E-state index contributed by atoms with van der Waals surface area (Å²) in [4.78, 5) is 0. The fraction of sp³-hybridized carbons (Fsp3) is 0.647. The molecule has 0 saturated heterocycles. The van der Waals surface area contributed by atoms with Crippen LogP contribution in [-0.2, 0) is 0 Å². The molecular weight excluding hydrogens is 266 g/mol. The predicted molar refractivity (Wildman–Crippen MR) is 81.9 cm³/mol. The van der Waals surface area contributed by atoms with Gasteiger partial charge >= 0.3 is 0 Å². The number of nitrogens with one attached hydrogen (secondary N) is 1. The van der Waals surface area contributed by atoms with Crippen molar-refractivity contribution < 1.29 is 14.6 Å². The topological polar surface area (TPSA) is 50.7 Å². The second kappa shape index (κ2) is 6.67. The van der Waals surface area contributed by atoms with Crippen molar-refractivity contribution in [2.24, 2.45) is 0 Å². The molecule has 1 aromatic carbocycles. The number of hydrogen-bond donors (Lipinski definition) is 2. The van der Waals surface area contributed by atoms with Gasteiger partial charge in [-0.1, -0.05) is 18.9 Å². The minimum absolute atomic E-state index is 0.194. The van der Waals surface area contributed by atoms with Crippen molar-refractivity contribution in [2.75, 3.05) is 13.2 Å². The quantitative estimate of drug-likeness (QED) is 0.899. The Balaban J connectivity index is 1.69. The summed E-state index contributed by atoms with van der Waals surface area (Å²) in [7, 11) is 0. The van der Waals surface area contributed by atoms with Crippen LogP contribution in [0.15, 0.2) is 18.2 Å². The molecule has 0 bridgehead atoms. The van der Waals surface area contributed by atoms with Gasteiger partial charge in [0.15, 0.2) is 11.5 Å². The maximum Gasteiger partial charge on any atom is 0.161 e. The Morgan fingerprint density at radius 1 is 1.10 bits per heavy atom. The standard InChI is InChI=1S/C17H25NO3/c1-12(18-14-5-2-3-6-15(14)19)13-7-8-16-17(11-13)21-10-4-9-20-16/h7-8,11-12,14-15,18-19H,2-6,9-10H2,1H3/t12?,14-,15-/m1/s1. The number of rotatable bonds is 3. The first-order chi connectivity index (χ1) is 10.2. The molecule has 116 valence electrons. The zero-order chi connectivity index (χ0) is 14.7. The largest absolute Gasteiger partial charge is 0.490 e. The minimum atomic E-state index is -0.221. The van der Waals surface area contributed by atoms with Crippen LogP contribution in [0, 0.1) is 0 Å². The summed E-state index contributed by atoms with van der Waals surface area (Å²) >= 11 is 0. The molecule has 0 radical (unpaired) electrons. The van der Waals surface area contributed by atoms with Crippen LogP contribution in [0.25, 0.3) is 0 Å². The van der Waals surface area contributed by atoms with Gasteiger partial charge in [-0.2, -0.15) is 0 Å². The molecule has 1 aromatic rings. The highest BCUT2D eigenvalue weighted by molar-refractivity contribution is 5.44. The van der Waals surface area contributed by atoms with Gasteiger partial charge in [0.25, 0.3) is 0 Å². The van der Waals surface area contributed by atoms with E-state index >= 15 is 0 Å². The van der Waals surface area contributed by atoms with E-state index in [9.17, 15) is 5.11 Å². The lowest BCUT2D eigenvalue weighted by Crippen LogP contribution is -2.43. The Kier molecular flexibility index (Phi) is 4.66. The molecule has 3 atom stereocenters. The van der Waals surface area contributed by atoms with Gasteiger partial charge in [0, 0.05) is 18.5 Å². The van der Waals surface area contributed by atoms with Crippen LogP contribution in [0.3, 0.4) is 0 Å². The summed E-state index contributed by atoms with van der Waals surface area (Å²) in [6.07, 6.45) is 5.00. The number of aliphatic hydroxyl groups is 1. The molecule has 4 heteroatoms. The molecule has 2 N–H and O–H groups in total. The summed E-state index contributed by atoms with van der Waals surface area (Å²) in [5, 5.41) is 13.6. The Labute approximate surface area is 126 Å². The van der Waals surface area contributed by atoms with Crippen molar-refractivity contribution in [3.8, 4) is 11.5 Å². The molecule has 4 nitrogen and oxygen atoms in total. The Hall–Kier alpha value is -1.26. The van der Waals surface area contributed by atoms with Crippen LogP contribution in [0.2, 0.25) is 0 Å².